The fraction of sp³-hybridized carbons (Fsp3) is 0.444. The second-order valence-electron chi connectivity index (χ2n) is 5.16. The summed E-state index contributed by atoms with van der Waals surface area (Å²) in [5, 5.41) is 3.38. The number of methoxy groups -OCH3 is 1. The average molecular weight is 289 g/mol. The van der Waals surface area contributed by atoms with E-state index >= 15 is 0 Å². The zero-order chi connectivity index (χ0) is 15.7. The Kier molecular flexibility index (Phi) is 7.62. The molecule has 0 unspecified atom stereocenters. The van der Waals surface area contributed by atoms with Crippen molar-refractivity contribution in [2.75, 3.05) is 26.8 Å². The highest BCUT2D eigenvalue weighted by molar-refractivity contribution is 5.58. The molecule has 1 aromatic carbocycles. The zero-order valence-electron chi connectivity index (χ0n) is 13.6. The van der Waals surface area contributed by atoms with Gasteiger partial charge in [0, 0.05) is 6.54 Å². The SMILES string of the molecule is C=CCOc1ccc(C=C(CNCC)C(C)C)cc1OC. The summed E-state index contributed by atoms with van der Waals surface area (Å²) in [6.45, 7) is 12.5. The standard InChI is InChI=1S/C18H27NO2/c1-6-10-21-17-9-8-15(12-18(17)20-5)11-16(14(3)4)13-19-7-2/h6,8-9,11-12,14,19H,1,7,10,13H2,2-5H3. The number of likely N-dealkylation sites (N-methyl/N-ethyl adjacent to an activating group) is 1. The van der Waals surface area contributed by atoms with Gasteiger partial charge in [0.25, 0.3) is 0 Å². The Hall–Kier alpha value is -1.74. The van der Waals surface area contributed by atoms with Gasteiger partial charge in [-0.2, -0.15) is 0 Å². The van der Waals surface area contributed by atoms with Crippen LogP contribution >= 0.6 is 0 Å². The lowest BCUT2D eigenvalue weighted by Crippen LogP contribution is -2.18. The highest BCUT2D eigenvalue weighted by Gasteiger charge is 2.07. The molecule has 0 heterocycles. The minimum absolute atomic E-state index is 0.475. The molecule has 3 nitrogen and oxygen atoms in total. The van der Waals surface area contributed by atoms with Gasteiger partial charge in [-0.25, -0.2) is 0 Å². The molecule has 21 heavy (non-hydrogen) atoms. The van der Waals surface area contributed by atoms with E-state index < -0.39 is 0 Å². The van der Waals surface area contributed by atoms with Crippen LogP contribution in [-0.2, 0) is 0 Å². The van der Waals surface area contributed by atoms with E-state index in [2.05, 4.69) is 44.8 Å². The monoisotopic (exact) mass is 289 g/mol. The number of rotatable bonds is 9. The van der Waals surface area contributed by atoms with Gasteiger partial charge in [-0.3, -0.25) is 0 Å². The van der Waals surface area contributed by atoms with Crippen molar-refractivity contribution >= 4 is 6.08 Å². The van der Waals surface area contributed by atoms with Crippen LogP contribution in [0.5, 0.6) is 11.5 Å². The fourth-order valence-electron chi connectivity index (χ4n) is 1.95. The third-order valence-electron chi connectivity index (χ3n) is 3.22. The third-order valence-corrected chi connectivity index (χ3v) is 3.22. The molecule has 0 bridgehead atoms. The van der Waals surface area contributed by atoms with E-state index in [1.165, 1.54) is 5.57 Å². The van der Waals surface area contributed by atoms with Crippen molar-refractivity contribution in [3.63, 3.8) is 0 Å². The van der Waals surface area contributed by atoms with E-state index in [-0.39, 0.29) is 0 Å². The van der Waals surface area contributed by atoms with E-state index in [1.54, 1.807) is 13.2 Å². The second kappa shape index (κ2) is 9.24. The first kappa shape index (κ1) is 17.3. The van der Waals surface area contributed by atoms with Crippen LogP contribution in [0.4, 0.5) is 0 Å². The molecule has 0 aliphatic heterocycles. The second-order valence-corrected chi connectivity index (χ2v) is 5.16. The summed E-state index contributed by atoms with van der Waals surface area (Å²) >= 11 is 0. The Balaban J connectivity index is 2.98. The lowest BCUT2D eigenvalue weighted by Gasteiger charge is -2.13. The Morgan fingerprint density at radius 3 is 2.67 bits per heavy atom. The molecule has 0 aliphatic rings. The Bertz CT molecular complexity index is 478. The third kappa shape index (κ3) is 5.64. The van der Waals surface area contributed by atoms with Crippen molar-refractivity contribution < 1.29 is 9.47 Å². The van der Waals surface area contributed by atoms with Crippen molar-refractivity contribution in [2.24, 2.45) is 5.92 Å². The first-order valence-electron chi connectivity index (χ1n) is 7.45. The summed E-state index contributed by atoms with van der Waals surface area (Å²) in [7, 11) is 1.66. The number of hydrogen-bond donors (Lipinski definition) is 1. The maximum absolute atomic E-state index is 5.57. The Morgan fingerprint density at radius 1 is 1.33 bits per heavy atom. The van der Waals surface area contributed by atoms with Gasteiger partial charge in [-0.1, -0.05) is 51.1 Å². The van der Waals surface area contributed by atoms with Gasteiger partial charge in [0.15, 0.2) is 11.5 Å². The summed E-state index contributed by atoms with van der Waals surface area (Å²) in [6.07, 6.45) is 3.94. The topological polar surface area (TPSA) is 30.5 Å². The Morgan fingerprint density at radius 2 is 2.10 bits per heavy atom. The zero-order valence-corrected chi connectivity index (χ0v) is 13.6. The molecule has 0 radical (unpaired) electrons. The van der Waals surface area contributed by atoms with E-state index in [0.717, 1.165) is 30.2 Å². The van der Waals surface area contributed by atoms with Gasteiger partial charge in [0.2, 0.25) is 0 Å². The molecule has 3 heteroatoms. The van der Waals surface area contributed by atoms with Crippen LogP contribution in [0.3, 0.4) is 0 Å². The van der Waals surface area contributed by atoms with Crippen molar-refractivity contribution in [1.29, 1.82) is 0 Å². The molecule has 0 spiro atoms. The van der Waals surface area contributed by atoms with Crippen LogP contribution < -0.4 is 14.8 Å². The van der Waals surface area contributed by atoms with Gasteiger partial charge in [0.1, 0.15) is 6.61 Å². The predicted octanol–water partition coefficient (Wildman–Crippen LogP) is 3.91. The van der Waals surface area contributed by atoms with Crippen molar-refractivity contribution in [1.82, 2.24) is 5.32 Å². The van der Waals surface area contributed by atoms with Crippen LogP contribution in [0.25, 0.3) is 6.08 Å². The highest BCUT2D eigenvalue weighted by Crippen LogP contribution is 2.29. The Labute approximate surface area is 128 Å². The largest absolute Gasteiger partial charge is 0.493 e. The minimum atomic E-state index is 0.475. The van der Waals surface area contributed by atoms with Gasteiger partial charge in [0.05, 0.1) is 7.11 Å². The number of nitrogens with one attached hydrogen (secondary N) is 1. The lowest BCUT2D eigenvalue weighted by atomic mass is 10.00. The number of ether oxygens (including phenoxy) is 2. The maximum atomic E-state index is 5.57. The van der Waals surface area contributed by atoms with Crippen molar-refractivity contribution in [2.45, 2.75) is 20.8 Å². The molecule has 0 saturated heterocycles. The van der Waals surface area contributed by atoms with Gasteiger partial charge in [-0.05, 0) is 30.2 Å². The van der Waals surface area contributed by atoms with Crippen LogP contribution in [0.1, 0.15) is 26.3 Å². The van der Waals surface area contributed by atoms with Crippen molar-refractivity contribution in [3.05, 3.63) is 42.0 Å². The quantitative estimate of drug-likeness (QED) is 0.699. The molecule has 0 saturated carbocycles. The normalized spacial score (nSPS) is 11.6. The summed E-state index contributed by atoms with van der Waals surface area (Å²) < 4.78 is 11.0. The molecule has 0 aromatic heterocycles. The van der Waals surface area contributed by atoms with E-state index in [1.807, 2.05) is 12.1 Å². The summed E-state index contributed by atoms with van der Waals surface area (Å²) in [5.74, 6) is 2.00. The summed E-state index contributed by atoms with van der Waals surface area (Å²) in [6, 6.07) is 6.00. The van der Waals surface area contributed by atoms with Gasteiger partial charge < -0.3 is 14.8 Å². The molecule has 0 atom stereocenters. The summed E-state index contributed by atoms with van der Waals surface area (Å²) in [5.41, 5.74) is 2.50. The molecule has 1 rings (SSSR count). The van der Waals surface area contributed by atoms with Gasteiger partial charge in [-0.15, -0.1) is 0 Å². The fourth-order valence-corrected chi connectivity index (χ4v) is 1.95. The highest BCUT2D eigenvalue weighted by atomic mass is 16.5. The van der Waals surface area contributed by atoms with Crippen molar-refractivity contribution in [3.8, 4) is 11.5 Å². The lowest BCUT2D eigenvalue weighted by molar-refractivity contribution is 0.326. The average Bonchev–Trinajstić information content (AvgIpc) is 2.49. The summed E-state index contributed by atoms with van der Waals surface area (Å²) in [4.78, 5) is 0. The number of hydrogen-bond acceptors (Lipinski definition) is 3. The van der Waals surface area contributed by atoms with E-state index in [9.17, 15) is 0 Å². The van der Waals surface area contributed by atoms with E-state index in [4.69, 9.17) is 9.47 Å². The molecule has 1 N–H and O–H groups in total. The molecular formula is C18H27NO2. The maximum Gasteiger partial charge on any atom is 0.161 e. The van der Waals surface area contributed by atoms with E-state index in [0.29, 0.717) is 12.5 Å². The number of benzene rings is 1. The van der Waals surface area contributed by atoms with Crippen LogP contribution in [0.15, 0.2) is 36.4 Å². The molecule has 116 valence electrons. The first-order chi connectivity index (χ1) is 10.1. The molecule has 0 fully saturated rings. The van der Waals surface area contributed by atoms with Crippen LogP contribution in [0, 0.1) is 5.92 Å². The molecule has 1 aromatic rings. The van der Waals surface area contributed by atoms with Crippen LogP contribution in [-0.4, -0.2) is 26.8 Å². The van der Waals surface area contributed by atoms with Crippen LogP contribution in [0.2, 0.25) is 0 Å². The first-order valence-corrected chi connectivity index (χ1v) is 7.45. The molecule has 0 aliphatic carbocycles. The predicted molar refractivity (Wildman–Crippen MR) is 90.0 cm³/mol. The molecular weight excluding hydrogens is 262 g/mol. The van der Waals surface area contributed by atoms with Gasteiger partial charge >= 0.3 is 0 Å². The molecule has 0 amide bonds. The smallest absolute Gasteiger partial charge is 0.161 e. The minimum Gasteiger partial charge on any atom is -0.493 e.